The number of sulfonamides is 1. The van der Waals surface area contributed by atoms with Crippen LogP contribution in [0.25, 0.3) is 0 Å². The Morgan fingerprint density at radius 2 is 1.62 bits per heavy atom. The molecule has 1 amide bonds. The van der Waals surface area contributed by atoms with Crippen LogP contribution in [0.5, 0.6) is 0 Å². The number of thiocarbonyl (C=S) groups is 1. The number of rotatable bonds is 4. The van der Waals surface area contributed by atoms with Gasteiger partial charge in [0, 0.05) is 16.3 Å². The minimum absolute atomic E-state index is 0.0461. The maximum atomic E-state index is 12.0. The van der Waals surface area contributed by atoms with E-state index in [-0.39, 0.29) is 10.0 Å². The number of nitrogens with two attached hydrogens (primary N) is 2. The van der Waals surface area contributed by atoms with Crippen LogP contribution >= 0.6 is 23.8 Å². The van der Waals surface area contributed by atoms with Crippen molar-refractivity contribution in [2.45, 2.75) is 4.90 Å². The molecule has 2 rings (SSSR count). The van der Waals surface area contributed by atoms with E-state index < -0.39 is 21.9 Å². The van der Waals surface area contributed by atoms with E-state index in [1.807, 2.05) is 0 Å². The second-order valence-electron chi connectivity index (χ2n) is 4.93. The van der Waals surface area contributed by atoms with Crippen molar-refractivity contribution in [3.63, 3.8) is 0 Å². The van der Waals surface area contributed by atoms with E-state index in [0.717, 1.165) is 0 Å². The number of anilines is 1. The van der Waals surface area contributed by atoms with E-state index in [1.54, 1.807) is 24.3 Å². The lowest BCUT2D eigenvalue weighted by molar-refractivity contribution is 0.0977. The van der Waals surface area contributed by atoms with Crippen LogP contribution in [-0.2, 0) is 10.0 Å². The second kappa shape index (κ2) is 8.13. The summed E-state index contributed by atoms with van der Waals surface area (Å²) in [7, 11) is -3.97. The van der Waals surface area contributed by atoms with Crippen molar-refractivity contribution in [2.75, 3.05) is 5.32 Å². The standard InChI is InChI=1S/C15H14ClN5O3S2/c16-10-3-1-9(2-4-10)13(22)20-15(25)19-11-5-7-12(8-6-11)26(23,24)21-14(17)18/h1-8H,(H4,17,18,21)(H2,19,20,22,25). The molecule has 0 spiro atoms. The van der Waals surface area contributed by atoms with Crippen molar-refractivity contribution in [3.05, 3.63) is 59.1 Å². The van der Waals surface area contributed by atoms with Gasteiger partial charge in [-0.15, -0.1) is 4.40 Å². The number of carbonyl (C=O) groups is 1. The van der Waals surface area contributed by atoms with Crippen molar-refractivity contribution < 1.29 is 13.2 Å². The highest BCUT2D eigenvalue weighted by Gasteiger charge is 2.13. The third kappa shape index (κ3) is 5.41. The SMILES string of the molecule is NC(N)=NS(=O)(=O)c1ccc(NC(=S)NC(=O)c2ccc(Cl)cc2)cc1. The molecule has 0 unspecified atom stereocenters. The fraction of sp³-hybridized carbons (Fsp3) is 0. The van der Waals surface area contributed by atoms with Gasteiger partial charge >= 0.3 is 0 Å². The molecular formula is C15H14ClN5O3S2. The molecule has 0 aromatic heterocycles. The molecule has 26 heavy (non-hydrogen) atoms. The summed E-state index contributed by atoms with van der Waals surface area (Å²) < 4.78 is 26.9. The summed E-state index contributed by atoms with van der Waals surface area (Å²) in [6.45, 7) is 0. The first-order valence-electron chi connectivity index (χ1n) is 7.01. The van der Waals surface area contributed by atoms with Gasteiger partial charge in [-0.05, 0) is 60.7 Å². The van der Waals surface area contributed by atoms with Gasteiger partial charge in [-0.1, -0.05) is 11.6 Å². The molecule has 11 heteroatoms. The van der Waals surface area contributed by atoms with Crippen molar-refractivity contribution in [1.29, 1.82) is 0 Å². The average molecular weight is 412 g/mol. The molecule has 0 atom stereocenters. The Balaban J connectivity index is 2.02. The van der Waals surface area contributed by atoms with Crippen LogP contribution in [0.4, 0.5) is 5.69 Å². The molecule has 6 N–H and O–H groups in total. The molecule has 136 valence electrons. The summed E-state index contributed by atoms with van der Waals surface area (Å²) in [5.41, 5.74) is 11.0. The smallest absolute Gasteiger partial charge is 0.285 e. The van der Waals surface area contributed by atoms with Gasteiger partial charge in [-0.2, -0.15) is 8.42 Å². The van der Waals surface area contributed by atoms with E-state index in [2.05, 4.69) is 15.0 Å². The lowest BCUT2D eigenvalue weighted by atomic mass is 10.2. The third-order valence-corrected chi connectivity index (χ3v) is 4.74. The van der Waals surface area contributed by atoms with Crippen LogP contribution in [0.1, 0.15) is 10.4 Å². The monoisotopic (exact) mass is 411 g/mol. The van der Waals surface area contributed by atoms with Gasteiger partial charge < -0.3 is 16.8 Å². The maximum Gasteiger partial charge on any atom is 0.285 e. The number of nitrogens with one attached hydrogen (secondary N) is 2. The van der Waals surface area contributed by atoms with Gasteiger partial charge in [0.25, 0.3) is 15.9 Å². The van der Waals surface area contributed by atoms with Crippen LogP contribution in [-0.4, -0.2) is 25.4 Å². The first-order valence-corrected chi connectivity index (χ1v) is 9.24. The number of nitrogens with zero attached hydrogens (tertiary/aromatic N) is 1. The number of carbonyl (C=O) groups excluding carboxylic acids is 1. The Kier molecular flexibility index (Phi) is 6.14. The van der Waals surface area contributed by atoms with E-state index in [0.29, 0.717) is 16.3 Å². The second-order valence-corrected chi connectivity index (χ2v) is 7.38. The number of halogens is 1. The van der Waals surface area contributed by atoms with Crippen molar-refractivity contribution in [2.24, 2.45) is 15.9 Å². The van der Waals surface area contributed by atoms with Gasteiger partial charge in [-0.3, -0.25) is 10.1 Å². The average Bonchev–Trinajstić information content (AvgIpc) is 2.54. The minimum Gasteiger partial charge on any atom is -0.369 e. The fourth-order valence-electron chi connectivity index (χ4n) is 1.84. The largest absolute Gasteiger partial charge is 0.369 e. The molecule has 0 heterocycles. The van der Waals surface area contributed by atoms with Gasteiger partial charge in [0.05, 0.1) is 4.90 Å². The molecule has 0 saturated carbocycles. The Labute approximate surface area is 160 Å². The highest BCUT2D eigenvalue weighted by Crippen LogP contribution is 2.16. The molecule has 0 aliphatic heterocycles. The van der Waals surface area contributed by atoms with E-state index >= 15 is 0 Å². The summed E-state index contributed by atoms with van der Waals surface area (Å²) in [6.07, 6.45) is 0. The van der Waals surface area contributed by atoms with E-state index in [1.165, 1.54) is 24.3 Å². The van der Waals surface area contributed by atoms with E-state index in [9.17, 15) is 13.2 Å². The molecule has 0 bridgehead atoms. The topological polar surface area (TPSA) is 140 Å². The highest BCUT2D eigenvalue weighted by molar-refractivity contribution is 7.90. The number of benzene rings is 2. The van der Waals surface area contributed by atoms with Crippen molar-refractivity contribution in [3.8, 4) is 0 Å². The number of hydrogen-bond donors (Lipinski definition) is 4. The Morgan fingerprint density at radius 3 is 2.15 bits per heavy atom. The van der Waals surface area contributed by atoms with Gasteiger partial charge in [-0.25, -0.2) is 0 Å². The van der Waals surface area contributed by atoms with Crippen LogP contribution in [0.2, 0.25) is 5.02 Å². The van der Waals surface area contributed by atoms with Crippen molar-refractivity contribution >= 4 is 56.5 Å². The molecule has 0 aliphatic rings. The van der Waals surface area contributed by atoms with Gasteiger partial charge in [0.15, 0.2) is 5.11 Å². The van der Waals surface area contributed by atoms with Gasteiger partial charge in [0.1, 0.15) is 0 Å². The summed E-state index contributed by atoms with van der Waals surface area (Å²) in [4.78, 5) is 12.0. The lowest BCUT2D eigenvalue weighted by Crippen LogP contribution is -2.34. The molecule has 2 aromatic carbocycles. The molecule has 8 nitrogen and oxygen atoms in total. The third-order valence-electron chi connectivity index (χ3n) is 2.97. The summed E-state index contributed by atoms with van der Waals surface area (Å²) in [5.74, 6) is -0.968. The lowest BCUT2D eigenvalue weighted by Gasteiger charge is -2.10. The zero-order chi connectivity index (χ0) is 19.3. The quantitative estimate of drug-likeness (QED) is 0.339. The van der Waals surface area contributed by atoms with Gasteiger partial charge in [0.2, 0.25) is 5.96 Å². The normalized spacial score (nSPS) is 10.7. The van der Waals surface area contributed by atoms with Crippen LogP contribution in [0.15, 0.2) is 57.8 Å². The predicted molar refractivity (Wildman–Crippen MR) is 105 cm³/mol. The van der Waals surface area contributed by atoms with Crippen LogP contribution in [0.3, 0.4) is 0 Å². The maximum absolute atomic E-state index is 12.0. The van der Waals surface area contributed by atoms with Crippen molar-refractivity contribution in [1.82, 2.24) is 5.32 Å². The molecule has 2 aromatic rings. The highest BCUT2D eigenvalue weighted by atomic mass is 35.5. The Morgan fingerprint density at radius 1 is 1.04 bits per heavy atom. The Hall–Kier alpha value is -2.69. The van der Waals surface area contributed by atoms with E-state index in [4.69, 9.17) is 35.3 Å². The first-order chi connectivity index (χ1) is 12.2. The number of hydrogen-bond acceptors (Lipinski definition) is 4. The molecular weight excluding hydrogens is 398 g/mol. The zero-order valence-electron chi connectivity index (χ0n) is 13.1. The van der Waals surface area contributed by atoms with Crippen LogP contribution in [0, 0.1) is 0 Å². The fourth-order valence-corrected chi connectivity index (χ4v) is 3.04. The zero-order valence-corrected chi connectivity index (χ0v) is 15.5. The van der Waals surface area contributed by atoms with Crippen LogP contribution < -0.4 is 22.1 Å². The summed E-state index contributed by atoms with van der Waals surface area (Å²) >= 11 is 10.8. The molecule has 0 saturated heterocycles. The first kappa shape index (κ1) is 19.6. The molecule has 0 fully saturated rings. The minimum atomic E-state index is -3.97. The predicted octanol–water partition coefficient (Wildman–Crippen LogP) is 1.43. The Bertz CT molecular complexity index is 954. The molecule has 0 aliphatic carbocycles. The molecule has 0 radical (unpaired) electrons. The number of amides is 1. The summed E-state index contributed by atoms with van der Waals surface area (Å²) in [6, 6.07) is 11.8. The summed E-state index contributed by atoms with van der Waals surface area (Å²) in [5, 5.41) is 5.83. The number of guanidine groups is 1.